The van der Waals surface area contributed by atoms with Crippen LogP contribution < -0.4 is 10.6 Å². The van der Waals surface area contributed by atoms with Crippen molar-refractivity contribution in [3.05, 3.63) is 47.4 Å². The summed E-state index contributed by atoms with van der Waals surface area (Å²) in [5, 5.41) is 11.6. The lowest BCUT2D eigenvalue weighted by molar-refractivity contribution is -0.134. The first-order valence-corrected chi connectivity index (χ1v) is 17.3. The molecule has 0 spiro atoms. The molecule has 0 bridgehead atoms. The van der Waals surface area contributed by atoms with Crippen LogP contribution in [-0.4, -0.2) is 89.5 Å². The highest BCUT2D eigenvalue weighted by molar-refractivity contribution is 7.82. The van der Waals surface area contributed by atoms with Crippen molar-refractivity contribution < 1.29 is 13.8 Å². The van der Waals surface area contributed by atoms with Gasteiger partial charge in [0.2, 0.25) is 17.8 Å². The van der Waals surface area contributed by atoms with Gasteiger partial charge in [-0.25, -0.2) is 18.5 Å². The standard InChI is InChI=1S/C33H42N8O3S/c1-3-5-23-21-34-33(35-22-23)36-26-12-17-41(18-13-26)45(44)19-4-14-40-15-10-24(11-16-40)25-6-7-27-29(20-25)39(2)38-31(27)28-8-9-30(42)37-32(28)43/h6-7,20-22,24,26,28H,4,8-19H2,1-2H3,(H,34,35,36)(H,37,42,43). The minimum Gasteiger partial charge on any atom is -0.351 e. The summed E-state index contributed by atoms with van der Waals surface area (Å²) < 4.78 is 17.0. The van der Waals surface area contributed by atoms with E-state index >= 15 is 0 Å². The maximum atomic E-state index is 13.0. The van der Waals surface area contributed by atoms with Crippen molar-refractivity contribution in [2.45, 2.75) is 69.7 Å². The second-order valence-corrected chi connectivity index (χ2v) is 13.9. The van der Waals surface area contributed by atoms with E-state index in [0.29, 0.717) is 30.5 Å². The maximum Gasteiger partial charge on any atom is 0.235 e. The monoisotopic (exact) mass is 630 g/mol. The van der Waals surface area contributed by atoms with Gasteiger partial charge in [0.05, 0.1) is 33.7 Å². The third-order valence-corrected chi connectivity index (χ3v) is 10.9. The van der Waals surface area contributed by atoms with Crippen LogP contribution in [-0.2, 0) is 27.6 Å². The summed E-state index contributed by atoms with van der Waals surface area (Å²) in [6.07, 6.45) is 9.27. The quantitative estimate of drug-likeness (QED) is 0.273. The molecule has 1 aromatic carbocycles. The number of anilines is 1. The van der Waals surface area contributed by atoms with Crippen LogP contribution in [0.5, 0.6) is 0 Å². The molecule has 0 saturated carbocycles. The SMILES string of the molecule is CC#Cc1cnc(NC2CCN(S(=O)CCCN3CCC(c4ccc5c(C6CCC(=O)NC6=O)nn(C)c5c4)CC3)CC2)nc1. The largest absolute Gasteiger partial charge is 0.351 e. The first kappa shape index (κ1) is 31.3. The summed E-state index contributed by atoms with van der Waals surface area (Å²) in [5.41, 5.74) is 3.91. The number of nitrogens with zero attached hydrogens (tertiary/aromatic N) is 6. The molecule has 2 amide bonds. The van der Waals surface area contributed by atoms with E-state index in [1.165, 1.54) is 5.56 Å². The molecule has 3 fully saturated rings. The predicted octanol–water partition coefficient (Wildman–Crippen LogP) is 3.06. The summed E-state index contributed by atoms with van der Waals surface area (Å²) >= 11 is 0. The molecular weight excluding hydrogens is 588 g/mol. The van der Waals surface area contributed by atoms with Gasteiger partial charge in [0.1, 0.15) is 0 Å². The molecule has 2 atom stereocenters. The van der Waals surface area contributed by atoms with E-state index in [9.17, 15) is 13.8 Å². The van der Waals surface area contributed by atoms with E-state index in [1.54, 1.807) is 19.3 Å². The number of piperidine rings is 3. The third kappa shape index (κ3) is 7.43. The highest BCUT2D eigenvalue weighted by Gasteiger charge is 2.32. The number of aromatic nitrogens is 4. The fourth-order valence-corrected chi connectivity index (χ4v) is 8.05. The van der Waals surface area contributed by atoms with Gasteiger partial charge in [-0.15, -0.1) is 5.92 Å². The Morgan fingerprint density at radius 3 is 2.51 bits per heavy atom. The highest BCUT2D eigenvalue weighted by atomic mass is 32.2. The number of fused-ring (bicyclic) bond motifs is 1. The minimum atomic E-state index is -0.952. The summed E-state index contributed by atoms with van der Waals surface area (Å²) in [7, 11) is 0.971. The van der Waals surface area contributed by atoms with Crippen molar-refractivity contribution in [1.82, 2.24) is 34.3 Å². The zero-order chi connectivity index (χ0) is 31.3. The Morgan fingerprint density at radius 2 is 1.80 bits per heavy atom. The summed E-state index contributed by atoms with van der Waals surface area (Å²) in [6.45, 7) is 6.46. The molecule has 2 aromatic heterocycles. The van der Waals surface area contributed by atoms with Crippen molar-refractivity contribution in [2.24, 2.45) is 7.05 Å². The van der Waals surface area contributed by atoms with Crippen LogP contribution in [0.2, 0.25) is 0 Å². The number of rotatable bonds is 9. The molecule has 2 N–H and O–H groups in total. The van der Waals surface area contributed by atoms with Crippen LogP contribution in [0.15, 0.2) is 30.6 Å². The number of aryl methyl sites for hydroxylation is 1. The Morgan fingerprint density at radius 1 is 1.04 bits per heavy atom. The van der Waals surface area contributed by atoms with Crippen molar-refractivity contribution in [1.29, 1.82) is 0 Å². The predicted molar refractivity (Wildman–Crippen MR) is 175 cm³/mol. The van der Waals surface area contributed by atoms with E-state index in [0.717, 1.165) is 87.0 Å². The van der Waals surface area contributed by atoms with E-state index in [2.05, 4.69) is 59.8 Å². The van der Waals surface area contributed by atoms with Crippen molar-refractivity contribution in [3.63, 3.8) is 0 Å². The van der Waals surface area contributed by atoms with Crippen LogP contribution in [0, 0.1) is 11.8 Å². The molecular formula is C33H42N8O3S. The molecule has 12 heteroatoms. The van der Waals surface area contributed by atoms with Gasteiger partial charge < -0.3 is 10.2 Å². The second-order valence-electron chi connectivity index (χ2n) is 12.3. The van der Waals surface area contributed by atoms with Gasteiger partial charge in [0, 0.05) is 56.1 Å². The zero-order valence-electron chi connectivity index (χ0n) is 26.1. The molecule has 11 nitrogen and oxygen atoms in total. The number of hydrogen-bond donors (Lipinski definition) is 2. The Kier molecular flexibility index (Phi) is 9.88. The molecule has 3 saturated heterocycles. The van der Waals surface area contributed by atoms with Gasteiger partial charge in [-0.05, 0) is 82.6 Å². The van der Waals surface area contributed by atoms with Crippen LogP contribution in [0.3, 0.4) is 0 Å². The fraction of sp³-hybridized carbons (Fsp3) is 0.545. The van der Waals surface area contributed by atoms with Gasteiger partial charge in [0.15, 0.2) is 0 Å². The second kappa shape index (κ2) is 14.2. The number of nitrogens with one attached hydrogen (secondary N) is 2. The van der Waals surface area contributed by atoms with Gasteiger partial charge in [-0.1, -0.05) is 18.1 Å². The Balaban J connectivity index is 0.924. The van der Waals surface area contributed by atoms with Crippen LogP contribution in [0.25, 0.3) is 10.9 Å². The number of amides is 2. The average Bonchev–Trinajstić information content (AvgIpc) is 3.38. The highest BCUT2D eigenvalue weighted by Crippen LogP contribution is 2.34. The molecule has 3 aromatic rings. The lowest BCUT2D eigenvalue weighted by Gasteiger charge is -2.33. The summed E-state index contributed by atoms with van der Waals surface area (Å²) in [6, 6.07) is 6.80. The topological polar surface area (TPSA) is 125 Å². The van der Waals surface area contributed by atoms with Gasteiger partial charge >= 0.3 is 0 Å². The average molecular weight is 631 g/mol. The normalized spacial score (nSPS) is 21.3. The van der Waals surface area contributed by atoms with Crippen LogP contribution in [0.4, 0.5) is 5.95 Å². The molecule has 3 aliphatic heterocycles. The first-order valence-electron chi connectivity index (χ1n) is 16.1. The van der Waals surface area contributed by atoms with E-state index in [4.69, 9.17) is 5.10 Å². The summed E-state index contributed by atoms with van der Waals surface area (Å²) in [5.74, 6) is 6.77. The molecule has 5 heterocycles. The van der Waals surface area contributed by atoms with E-state index in [-0.39, 0.29) is 23.8 Å². The van der Waals surface area contributed by atoms with E-state index < -0.39 is 11.0 Å². The Labute approximate surface area is 267 Å². The molecule has 238 valence electrons. The number of hydrogen-bond acceptors (Lipinski definition) is 8. The molecule has 45 heavy (non-hydrogen) atoms. The number of carbonyl (C=O) groups excluding carboxylic acids is 2. The Hall–Kier alpha value is -3.66. The number of likely N-dealkylation sites (tertiary alicyclic amines) is 1. The summed E-state index contributed by atoms with van der Waals surface area (Å²) in [4.78, 5) is 35.3. The van der Waals surface area contributed by atoms with Crippen LogP contribution >= 0.6 is 0 Å². The molecule has 2 unspecified atom stereocenters. The molecule has 0 aliphatic carbocycles. The number of benzene rings is 1. The van der Waals surface area contributed by atoms with E-state index in [1.807, 2.05) is 11.7 Å². The number of imide groups is 1. The Bertz CT molecular complexity index is 1610. The molecule has 3 aliphatic rings. The van der Waals surface area contributed by atoms with Crippen molar-refractivity contribution >= 4 is 39.7 Å². The third-order valence-electron chi connectivity index (χ3n) is 9.32. The molecule has 6 rings (SSSR count). The van der Waals surface area contributed by atoms with Gasteiger partial charge in [-0.2, -0.15) is 5.10 Å². The minimum absolute atomic E-state index is 0.208. The van der Waals surface area contributed by atoms with Gasteiger partial charge in [-0.3, -0.25) is 19.6 Å². The molecule has 0 radical (unpaired) electrons. The van der Waals surface area contributed by atoms with Crippen LogP contribution in [0.1, 0.15) is 80.5 Å². The first-order chi connectivity index (χ1) is 21.9. The smallest absolute Gasteiger partial charge is 0.235 e. The number of carbonyl (C=O) groups is 2. The maximum absolute atomic E-state index is 13.0. The van der Waals surface area contributed by atoms with Gasteiger partial charge in [0.25, 0.3) is 0 Å². The van der Waals surface area contributed by atoms with Crippen molar-refractivity contribution in [2.75, 3.05) is 43.8 Å². The zero-order valence-corrected chi connectivity index (χ0v) is 26.9. The fourth-order valence-electron chi connectivity index (χ4n) is 6.80. The van der Waals surface area contributed by atoms with Crippen molar-refractivity contribution in [3.8, 4) is 11.8 Å². The lowest BCUT2D eigenvalue weighted by Crippen LogP contribution is -2.41. The lowest BCUT2D eigenvalue weighted by atomic mass is 9.88.